The maximum absolute atomic E-state index is 12.5. The van der Waals surface area contributed by atoms with Crippen LogP contribution < -0.4 is 5.32 Å². The summed E-state index contributed by atoms with van der Waals surface area (Å²) in [6.45, 7) is 6.01. The van der Waals surface area contributed by atoms with Gasteiger partial charge in [0.15, 0.2) is 0 Å². The van der Waals surface area contributed by atoms with E-state index in [-0.39, 0.29) is 12.0 Å². The van der Waals surface area contributed by atoms with Crippen molar-refractivity contribution in [1.82, 2.24) is 4.98 Å². The molecular weight excluding hydrogens is 324 g/mol. The second-order valence-corrected chi connectivity index (χ2v) is 7.91. The van der Waals surface area contributed by atoms with Gasteiger partial charge in [0.2, 0.25) is 0 Å². The average molecular weight is 350 g/mol. The fourth-order valence-corrected chi connectivity index (χ4v) is 4.25. The zero-order valence-electron chi connectivity index (χ0n) is 15.8. The van der Waals surface area contributed by atoms with Crippen molar-refractivity contribution in [2.45, 2.75) is 64.5 Å². The van der Waals surface area contributed by atoms with Crippen molar-refractivity contribution >= 4 is 11.8 Å². The van der Waals surface area contributed by atoms with E-state index in [4.69, 9.17) is 4.74 Å². The number of esters is 1. The highest BCUT2D eigenvalue weighted by Gasteiger charge is 2.45. The summed E-state index contributed by atoms with van der Waals surface area (Å²) < 4.78 is 5.84. The highest BCUT2D eigenvalue weighted by molar-refractivity contribution is 5.82. The second kappa shape index (κ2) is 6.42. The van der Waals surface area contributed by atoms with Crippen LogP contribution in [0.2, 0.25) is 0 Å². The number of cyclic esters (lactones) is 1. The minimum absolute atomic E-state index is 0.203. The fourth-order valence-electron chi connectivity index (χ4n) is 4.25. The van der Waals surface area contributed by atoms with E-state index in [0.717, 1.165) is 35.5 Å². The molecule has 0 saturated carbocycles. The molecule has 1 aromatic heterocycles. The lowest BCUT2D eigenvalue weighted by Gasteiger charge is -2.25. The van der Waals surface area contributed by atoms with Gasteiger partial charge >= 0.3 is 5.97 Å². The van der Waals surface area contributed by atoms with Gasteiger partial charge < -0.3 is 10.1 Å². The Kier molecular flexibility index (Phi) is 4.22. The number of aromatic nitrogens is 1. The Bertz CT molecular complexity index is 841. The van der Waals surface area contributed by atoms with Crippen LogP contribution in [0.1, 0.15) is 54.1 Å². The van der Waals surface area contributed by atoms with Crippen molar-refractivity contribution in [1.29, 1.82) is 0 Å². The molecule has 4 heteroatoms. The van der Waals surface area contributed by atoms with Gasteiger partial charge in [-0.25, -0.2) is 9.78 Å². The Hall–Kier alpha value is -2.36. The molecule has 1 saturated heterocycles. The third kappa shape index (κ3) is 3.20. The first-order valence-electron chi connectivity index (χ1n) is 9.50. The Morgan fingerprint density at radius 3 is 2.65 bits per heavy atom. The molecule has 2 heterocycles. The fraction of sp³-hybridized carbons (Fsp3) is 0.455. The van der Waals surface area contributed by atoms with Crippen LogP contribution in [0.15, 0.2) is 30.3 Å². The van der Waals surface area contributed by atoms with Crippen LogP contribution in [-0.4, -0.2) is 17.0 Å². The normalized spacial score (nSPS) is 24.9. The first kappa shape index (κ1) is 17.1. The first-order chi connectivity index (χ1) is 12.4. The number of aryl methyl sites for hydroxylation is 4. The molecule has 2 unspecified atom stereocenters. The summed E-state index contributed by atoms with van der Waals surface area (Å²) >= 11 is 0. The summed E-state index contributed by atoms with van der Waals surface area (Å²) in [6.07, 6.45) is 5.42. The molecule has 1 aliphatic carbocycles. The van der Waals surface area contributed by atoms with Crippen molar-refractivity contribution in [3.05, 3.63) is 58.3 Å². The van der Waals surface area contributed by atoms with Gasteiger partial charge in [0.1, 0.15) is 17.5 Å². The maximum atomic E-state index is 12.5. The van der Waals surface area contributed by atoms with Crippen LogP contribution in [-0.2, 0) is 28.0 Å². The monoisotopic (exact) mass is 350 g/mol. The van der Waals surface area contributed by atoms with Crippen LogP contribution >= 0.6 is 0 Å². The van der Waals surface area contributed by atoms with Gasteiger partial charge in [-0.3, -0.25) is 0 Å². The minimum Gasteiger partial charge on any atom is -0.453 e. The Morgan fingerprint density at radius 1 is 1.12 bits per heavy atom. The predicted octanol–water partition coefficient (Wildman–Crippen LogP) is 4.22. The van der Waals surface area contributed by atoms with Crippen molar-refractivity contribution in [3.8, 4) is 0 Å². The molecule has 1 N–H and O–H groups in total. The lowest BCUT2D eigenvalue weighted by atomic mass is 9.85. The molecule has 1 fully saturated rings. The van der Waals surface area contributed by atoms with Crippen molar-refractivity contribution in [2.24, 2.45) is 0 Å². The molecule has 2 aliphatic rings. The Balaban J connectivity index is 1.56. The number of anilines is 1. The summed E-state index contributed by atoms with van der Waals surface area (Å²) in [5.41, 5.74) is 5.45. The Morgan fingerprint density at radius 2 is 1.88 bits per heavy atom. The number of fused-ring (bicyclic) bond motifs is 1. The number of pyridine rings is 1. The molecule has 0 bridgehead atoms. The predicted molar refractivity (Wildman–Crippen MR) is 102 cm³/mol. The number of carbonyl (C=O) groups excluding carboxylic acids is 1. The highest BCUT2D eigenvalue weighted by Crippen LogP contribution is 2.39. The van der Waals surface area contributed by atoms with Crippen LogP contribution in [0, 0.1) is 13.8 Å². The van der Waals surface area contributed by atoms with Crippen molar-refractivity contribution in [2.75, 3.05) is 5.32 Å². The van der Waals surface area contributed by atoms with E-state index in [1.165, 1.54) is 24.0 Å². The number of rotatable bonds is 3. The summed E-state index contributed by atoms with van der Waals surface area (Å²) in [5, 5.41) is 3.27. The number of benzene rings is 1. The number of hydrogen-bond donors (Lipinski definition) is 1. The second-order valence-electron chi connectivity index (χ2n) is 7.91. The average Bonchev–Trinajstić information content (AvgIpc) is 2.88. The van der Waals surface area contributed by atoms with E-state index in [2.05, 4.69) is 28.5 Å². The standard InChI is InChI=1S/C22H26N2O2/c1-14-10-15(2)23-20(11-14)24-19-13-22(3,26-21(19)25)18-9-8-16-6-4-5-7-17(16)12-18/h8-12,19H,4-7,13H2,1-3H3,(H,23,24). The van der Waals surface area contributed by atoms with E-state index in [1.807, 2.05) is 32.9 Å². The summed E-state index contributed by atoms with van der Waals surface area (Å²) in [5.74, 6) is 0.533. The van der Waals surface area contributed by atoms with E-state index >= 15 is 0 Å². The van der Waals surface area contributed by atoms with Crippen LogP contribution in [0.5, 0.6) is 0 Å². The van der Waals surface area contributed by atoms with Gasteiger partial charge in [-0.05, 0) is 80.8 Å². The topological polar surface area (TPSA) is 51.2 Å². The Labute approximate surface area is 155 Å². The lowest BCUT2D eigenvalue weighted by molar-refractivity contribution is -0.148. The largest absolute Gasteiger partial charge is 0.453 e. The smallest absolute Gasteiger partial charge is 0.329 e. The van der Waals surface area contributed by atoms with Gasteiger partial charge in [0, 0.05) is 12.1 Å². The van der Waals surface area contributed by atoms with Gasteiger partial charge in [-0.1, -0.05) is 18.2 Å². The molecule has 26 heavy (non-hydrogen) atoms. The minimum atomic E-state index is -0.583. The van der Waals surface area contributed by atoms with E-state index in [0.29, 0.717) is 6.42 Å². The number of ether oxygens (including phenoxy) is 1. The quantitative estimate of drug-likeness (QED) is 0.842. The zero-order chi connectivity index (χ0) is 18.3. The summed E-state index contributed by atoms with van der Waals surface area (Å²) in [6, 6.07) is 10.2. The molecule has 2 aromatic rings. The number of hydrogen-bond acceptors (Lipinski definition) is 4. The number of carbonyl (C=O) groups is 1. The van der Waals surface area contributed by atoms with Gasteiger partial charge in [-0.15, -0.1) is 0 Å². The molecule has 1 aromatic carbocycles. The van der Waals surface area contributed by atoms with Crippen LogP contribution in [0.25, 0.3) is 0 Å². The van der Waals surface area contributed by atoms with E-state index < -0.39 is 5.60 Å². The summed E-state index contributed by atoms with van der Waals surface area (Å²) in [7, 11) is 0. The van der Waals surface area contributed by atoms with Crippen LogP contribution in [0.4, 0.5) is 5.82 Å². The molecule has 0 radical (unpaired) electrons. The molecule has 0 spiro atoms. The van der Waals surface area contributed by atoms with Gasteiger partial charge in [-0.2, -0.15) is 0 Å². The highest BCUT2D eigenvalue weighted by atomic mass is 16.6. The number of nitrogens with one attached hydrogen (secondary N) is 1. The molecule has 4 rings (SSSR count). The first-order valence-corrected chi connectivity index (χ1v) is 9.50. The van der Waals surface area contributed by atoms with E-state index in [9.17, 15) is 4.79 Å². The summed E-state index contributed by atoms with van der Waals surface area (Å²) in [4.78, 5) is 17.0. The molecule has 0 amide bonds. The zero-order valence-corrected chi connectivity index (χ0v) is 15.8. The molecule has 2 atom stereocenters. The van der Waals surface area contributed by atoms with Crippen molar-refractivity contribution < 1.29 is 9.53 Å². The third-order valence-electron chi connectivity index (χ3n) is 5.58. The van der Waals surface area contributed by atoms with Gasteiger partial charge in [0.05, 0.1) is 0 Å². The van der Waals surface area contributed by atoms with Gasteiger partial charge in [0.25, 0.3) is 0 Å². The molecule has 1 aliphatic heterocycles. The molecule has 136 valence electrons. The molecular formula is C22H26N2O2. The third-order valence-corrected chi connectivity index (χ3v) is 5.58. The van der Waals surface area contributed by atoms with Crippen LogP contribution in [0.3, 0.4) is 0 Å². The van der Waals surface area contributed by atoms with Crippen molar-refractivity contribution in [3.63, 3.8) is 0 Å². The lowest BCUT2D eigenvalue weighted by Crippen LogP contribution is -2.25. The molecule has 4 nitrogen and oxygen atoms in total. The van der Waals surface area contributed by atoms with E-state index in [1.54, 1.807) is 0 Å². The maximum Gasteiger partial charge on any atom is 0.329 e. The number of nitrogens with zero attached hydrogens (tertiary/aromatic N) is 1. The SMILES string of the molecule is Cc1cc(C)nc(NC2CC(C)(c3ccc4c(c3)CCCC4)OC2=O)c1.